The molecule has 0 fully saturated rings. The predicted octanol–water partition coefficient (Wildman–Crippen LogP) is 6.26. The van der Waals surface area contributed by atoms with Crippen molar-refractivity contribution in [2.45, 2.75) is 56.0 Å². The van der Waals surface area contributed by atoms with E-state index in [0.29, 0.717) is 0 Å². The van der Waals surface area contributed by atoms with Crippen LogP contribution in [0.4, 0.5) is 39.5 Å². The Bertz CT molecular complexity index is 627. The first-order valence-corrected chi connectivity index (χ1v) is 8.16. The van der Waals surface area contributed by atoms with Crippen molar-refractivity contribution in [3.8, 4) is 0 Å². The number of halogens is 9. The molecule has 1 aromatic carbocycles. The molecule has 0 aliphatic rings. The molecule has 0 saturated heterocycles. The van der Waals surface area contributed by atoms with E-state index < -0.39 is 42.8 Å². The molecule has 0 aromatic heterocycles. The lowest BCUT2D eigenvalue weighted by Crippen LogP contribution is -2.60. The van der Waals surface area contributed by atoms with Gasteiger partial charge in [-0.2, -0.15) is 39.5 Å². The van der Waals surface area contributed by atoms with Gasteiger partial charge in [0.25, 0.3) is 0 Å². The van der Waals surface area contributed by atoms with E-state index in [1.807, 2.05) is 0 Å². The second-order valence-corrected chi connectivity index (χ2v) is 6.02. The van der Waals surface area contributed by atoms with Crippen LogP contribution in [0.3, 0.4) is 0 Å². The van der Waals surface area contributed by atoms with E-state index in [4.69, 9.17) is 4.74 Å². The number of hydrogen-bond acceptors (Lipinski definition) is 2. The van der Waals surface area contributed by atoms with Crippen LogP contribution in [0.1, 0.15) is 42.5 Å². The summed E-state index contributed by atoms with van der Waals surface area (Å²) in [4.78, 5) is 11.6. The van der Waals surface area contributed by atoms with Gasteiger partial charge in [-0.1, -0.05) is 31.0 Å². The average molecular weight is 424 g/mol. The molecule has 0 atom stereocenters. The van der Waals surface area contributed by atoms with Crippen molar-refractivity contribution in [2.24, 2.45) is 0 Å². The third-order valence-corrected chi connectivity index (χ3v) is 3.84. The van der Waals surface area contributed by atoms with Gasteiger partial charge in [-0.3, -0.25) is 0 Å². The molecule has 160 valence electrons. The zero-order valence-electron chi connectivity index (χ0n) is 14.3. The van der Waals surface area contributed by atoms with Crippen molar-refractivity contribution in [2.75, 3.05) is 6.61 Å². The summed E-state index contributed by atoms with van der Waals surface area (Å²) >= 11 is 0. The molecule has 0 heterocycles. The lowest BCUT2D eigenvalue weighted by molar-refractivity contribution is -0.396. The van der Waals surface area contributed by atoms with Crippen LogP contribution >= 0.6 is 0 Å². The Morgan fingerprint density at radius 2 is 1.29 bits per heavy atom. The summed E-state index contributed by atoms with van der Waals surface area (Å²) in [6.07, 6.45) is -9.19. The molecule has 28 heavy (non-hydrogen) atoms. The maximum absolute atomic E-state index is 13.3. The van der Waals surface area contributed by atoms with Gasteiger partial charge in [0.15, 0.2) is 0 Å². The highest BCUT2D eigenvalue weighted by molar-refractivity contribution is 5.89. The van der Waals surface area contributed by atoms with Gasteiger partial charge in [0.05, 0.1) is 12.2 Å². The van der Waals surface area contributed by atoms with Crippen LogP contribution in [-0.4, -0.2) is 36.5 Å². The Morgan fingerprint density at radius 3 is 1.82 bits per heavy atom. The lowest BCUT2D eigenvalue weighted by Gasteiger charge is -2.33. The van der Waals surface area contributed by atoms with Gasteiger partial charge in [-0.05, 0) is 25.0 Å². The Balaban J connectivity index is 2.37. The van der Waals surface area contributed by atoms with Gasteiger partial charge in [0.1, 0.15) is 0 Å². The van der Waals surface area contributed by atoms with Crippen LogP contribution in [0.5, 0.6) is 0 Å². The zero-order chi connectivity index (χ0) is 21.6. The summed E-state index contributed by atoms with van der Waals surface area (Å²) in [6.45, 7) is -0.0908. The number of alkyl halides is 9. The molecule has 0 radical (unpaired) electrons. The first kappa shape index (κ1) is 24.1. The Kier molecular flexibility index (Phi) is 7.78. The summed E-state index contributed by atoms with van der Waals surface area (Å²) in [5.74, 6) is -19.6. The molecule has 0 amide bonds. The second kappa shape index (κ2) is 9.04. The summed E-state index contributed by atoms with van der Waals surface area (Å²) in [7, 11) is 0. The SMILES string of the molecule is O=C(OCCCCCCC(F)(F)C(F)(F)C(F)(F)C(F)(F)F)c1ccccc1. The Morgan fingerprint density at radius 1 is 0.750 bits per heavy atom. The third kappa shape index (κ3) is 5.54. The molecule has 0 unspecified atom stereocenters. The highest BCUT2D eigenvalue weighted by Crippen LogP contribution is 2.54. The minimum absolute atomic E-state index is 0.0908. The molecule has 11 heteroatoms. The first-order valence-electron chi connectivity index (χ1n) is 8.16. The molecule has 0 aliphatic carbocycles. The number of unbranched alkanes of at least 4 members (excludes halogenated alkanes) is 3. The highest BCUT2D eigenvalue weighted by atomic mass is 19.4. The molecule has 0 saturated carbocycles. The van der Waals surface area contributed by atoms with Crippen molar-refractivity contribution < 1.29 is 49.0 Å². The number of hydrogen-bond donors (Lipinski definition) is 0. The molecule has 0 N–H and O–H groups in total. The largest absolute Gasteiger partial charge is 0.462 e. The van der Waals surface area contributed by atoms with E-state index >= 15 is 0 Å². The van der Waals surface area contributed by atoms with E-state index in [-0.39, 0.29) is 31.4 Å². The minimum atomic E-state index is -6.85. The van der Waals surface area contributed by atoms with Gasteiger partial charge in [0.2, 0.25) is 0 Å². The number of rotatable bonds is 10. The highest BCUT2D eigenvalue weighted by Gasteiger charge is 2.81. The predicted molar refractivity (Wildman–Crippen MR) is 80.7 cm³/mol. The number of carbonyl (C=O) groups is 1. The van der Waals surface area contributed by atoms with Crippen LogP contribution in [0, 0.1) is 0 Å². The fourth-order valence-electron chi connectivity index (χ4n) is 2.19. The zero-order valence-corrected chi connectivity index (χ0v) is 14.3. The van der Waals surface area contributed by atoms with E-state index in [0.717, 1.165) is 0 Å². The molecule has 0 aliphatic heterocycles. The molecule has 0 spiro atoms. The minimum Gasteiger partial charge on any atom is -0.462 e. The number of ether oxygens (including phenoxy) is 1. The third-order valence-electron chi connectivity index (χ3n) is 3.84. The van der Waals surface area contributed by atoms with E-state index in [9.17, 15) is 44.3 Å². The van der Waals surface area contributed by atoms with Gasteiger partial charge in [-0.15, -0.1) is 0 Å². The van der Waals surface area contributed by atoms with Crippen molar-refractivity contribution >= 4 is 5.97 Å². The van der Waals surface area contributed by atoms with Crippen molar-refractivity contribution in [3.05, 3.63) is 35.9 Å². The van der Waals surface area contributed by atoms with Gasteiger partial charge < -0.3 is 4.74 Å². The first-order chi connectivity index (χ1) is 12.7. The van der Waals surface area contributed by atoms with Gasteiger partial charge in [0, 0.05) is 6.42 Å². The summed E-state index contributed by atoms with van der Waals surface area (Å²) in [6, 6.07) is 7.90. The summed E-state index contributed by atoms with van der Waals surface area (Å²) in [5, 5.41) is 0. The summed E-state index contributed by atoms with van der Waals surface area (Å²) < 4.78 is 119. The van der Waals surface area contributed by atoms with E-state index in [1.54, 1.807) is 18.2 Å². The number of esters is 1. The number of carbonyl (C=O) groups excluding carboxylic acids is 1. The van der Waals surface area contributed by atoms with Gasteiger partial charge in [-0.25, -0.2) is 4.79 Å². The maximum Gasteiger partial charge on any atom is 0.460 e. The molecular formula is C17H17F9O2. The summed E-state index contributed by atoms with van der Waals surface area (Å²) in [5.41, 5.74) is 0.287. The Hall–Kier alpha value is -1.94. The van der Waals surface area contributed by atoms with Crippen LogP contribution in [-0.2, 0) is 4.74 Å². The quantitative estimate of drug-likeness (QED) is 0.252. The van der Waals surface area contributed by atoms with Crippen LogP contribution in [0.15, 0.2) is 30.3 Å². The average Bonchev–Trinajstić information content (AvgIpc) is 2.60. The molecule has 0 bridgehead atoms. The van der Waals surface area contributed by atoms with Crippen LogP contribution in [0.2, 0.25) is 0 Å². The van der Waals surface area contributed by atoms with Crippen LogP contribution in [0.25, 0.3) is 0 Å². The molecular weight excluding hydrogens is 407 g/mol. The normalized spacial score (nSPS) is 13.5. The van der Waals surface area contributed by atoms with E-state index in [1.165, 1.54) is 12.1 Å². The van der Waals surface area contributed by atoms with Crippen molar-refractivity contribution in [1.29, 1.82) is 0 Å². The smallest absolute Gasteiger partial charge is 0.460 e. The monoisotopic (exact) mass is 424 g/mol. The second-order valence-electron chi connectivity index (χ2n) is 6.02. The molecule has 2 nitrogen and oxygen atoms in total. The number of benzene rings is 1. The fraction of sp³-hybridized carbons (Fsp3) is 0.588. The molecule has 1 rings (SSSR count). The van der Waals surface area contributed by atoms with Crippen molar-refractivity contribution in [1.82, 2.24) is 0 Å². The topological polar surface area (TPSA) is 26.3 Å². The maximum atomic E-state index is 13.3. The standard InChI is InChI=1S/C17H17F9O2/c18-14(19,15(20,21)16(22,23)17(24,25)26)10-6-1-2-7-11-28-13(27)12-8-4-3-5-9-12/h3-5,8-9H,1-2,6-7,10-11H2. The van der Waals surface area contributed by atoms with Gasteiger partial charge >= 0.3 is 29.9 Å². The van der Waals surface area contributed by atoms with Crippen LogP contribution < -0.4 is 0 Å². The Labute approximate surface area is 154 Å². The van der Waals surface area contributed by atoms with E-state index in [2.05, 4.69) is 0 Å². The fourth-order valence-corrected chi connectivity index (χ4v) is 2.19. The molecule has 1 aromatic rings. The van der Waals surface area contributed by atoms with Crippen molar-refractivity contribution in [3.63, 3.8) is 0 Å². The lowest BCUT2D eigenvalue weighted by atomic mass is 9.98.